The molecule has 1 amide bonds. The number of benzene rings is 2. The summed E-state index contributed by atoms with van der Waals surface area (Å²) in [6.07, 6.45) is 1.83. The summed E-state index contributed by atoms with van der Waals surface area (Å²) in [5, 5.41) is 7.74. The van der Waals surface area contributed by atoms with Gasteiger partial charge in [0.2, 0.25) is 5.91 Å². The van der Waals surface area contributed by atoms with Gasteiger partial charge in [-0.05, 0) is 62.7 Å². The predicted octanol–water partition coefficient (Wildman–Crippen LogP) is 4.55. The first-order valence-corrected chi connectivity index (χ1v) is 10.1. The average molecular weight is 411 g/mol. The highest BCUT2D eigenvalue weighted by atomic mass is 35.5. The van der Waals surface area contributed by atoms with Gasteiger partial charge >= 0.3 is 0 Å². The molecular formula is C22H23ClN4O2. The average Bonchev–Trinajstić information content (AvgIpc) is 3.19. The number of hydrogen-bond donors (Lipinski definition) is 1. The molecule has 0 bridgehead atoms. The van der Waals surface area contributed by atoms with Gasteiger partial charge in [-0.15, -0.1) is 0 Å². The van der Waals surface area contributed by atoms with E-state index < -0.39 is 0 Å². The maximum atomic E-state index is 12.6. The van der Waals surface area contributed by atoms with Crippen molar-refractivity contribution in [1.29, 1.82) is 0 Å². The standard InChI is InChI=1S/C22H23ClN4O2/c1-15-4-6-16(7-5-15)22-25-20(26-29-22)14-27-12-2-3-17(13-27)21(28)24-19-10-8-18(23)9-11-19/h4-11,17H,2-3,12-14H2,1H3,(H,24,28)/t17-/m1/s1. The molecule has 1 atom stereocenters. The number of likely N-dealkylation sites (tertiary alicyclic amines) is 1. The number of rotatable bonds is 5. The summed E-state index contributed by atoms with van der Waals surface area (Å²) in [6.45, 7) is 4.20. The Morgan fingerprint density at radius 1 is 1.21 bits per heavy atom. The molecule has 0 spiro atoms. The van der Waals surface area contributed by atoms with Gasteiger partial charge in [0.15, 0.2) is 5.82 Å². The third-order valence-electron chi connectivity index (χ3n) is 5.12. The third kappa shape index (κ3) is 5.02. The van der Waals surface area contributed by atoms with Crippen LogP contribution in [0.3, 0.4) is 0 Å². The second-order valence-electron chi connectivity index (χ2n) is 7.45. The van der Waals surface area contributed by atoms with Crippen molar-refractivity contribution in [3.05, 3.63) is 64.9 Å². The molecule has 1 aromatic heterocycles. The Morgan fingerprint density at radius 2 is 1.97 bits per heavy atom. The molecule has 6 nitrogen and oxygen atoms in total. The van der Waals surface area contributed by atoms with Crippen LogP contribution in [0.5, 0.6) is 0 Å². The van der Waals surface area contributed by atoms with E-state index in [4.69, 9.17) is 16.1 Å². The number of piperidine rings is 1. The van der Waals surface area contributed by atoms with Gasteiger partial charge in [0.1, 0.15) is 0 Å². The molecule has 1 aliphatic rings. The lowest BCUT2D eigenvalue weighted by Crippen LogP contribution is -2.40. The van der Waals surface area contributed by atoms with Crippen molar-refractivity contribution < 1.29 is 9.32 Å². The number of anilines is 1. The largest absolute Gasteiger partial charge is 0.334 e. The van der Waals surface area contributed by atoms with Crippen molar-refractivity contribution in [2.24, 2.45) is 5.92 Å². The van der Waals surface area contributed by atoms with Crippen LogP contribution in [0.1, 0.15) is 24.2 Å². The zero-order valence-corrected chi connectivity index (χ0v) is 17.0. The SMILES string of the molecule is Cc1ccc(-c2nc(CN3CCC[C@@H](C(=O)Nc4ccc(Cl)cc4)C3)no2)cc1. The Bertz CT molecular complexity index is 969. The number of nitrogens with zero attached hydrogens (tertiary/aromatic N) is 3. The molecule has 1 aliphatic heterocycles. The monoisotopic (exact) mass is 410 g/mol. The number of halogens is 1. The first-order chi connectivity index (χ1) is 14.1. The number of aryl methyl sites for hydroxylation is 1. The number of nitrogens with one attached hydrogen (secondary N) is 1. The molecule has 0 unspecified atom stereocenters. The van der Waals surface area contributed by atoms with E-state index in [2.05, 4.69) is 20.4 Å². The van der Waals surface area contributed by atoms with E-state index in [9.17, 15) is 4.79 Å². The summed E-state index contributed by atoms with van der Waals surface area (Å²) in [7, 11) is 0. The molecule has 7 heteroatoms. The van der Waals surface area contributed by atoms with Crippen LogP contribution in [-0.4, -0.2) is 34.0 Å². The van der Waals surface area contributed by atoms with Crippen LogP contribution in [0.15, 0.2) is 53.1 Å². The first-order valence-electron chi connectivity index (χ1n) is 9.75. The van der Waals surface area contributed by atoms with Gasteiger partial charge in [-0.3, -0.25) is 9.69 Å². The Hall–Kier alpha value is -2.70. The Labute approximate surface area is 174 Å². The maximum Gasteiger partial charge on any atom is 0.257 e. The smallest absolute Gasteiger partial charge is 0.257 e. The van der Waals surface area contributed by atoms with Gasteiger partial charge in [-0.25, -0.2) is 0 Å². The van der Waals surface area contributed by atoms with Crippen LogP contribution in [0, 0.1) is 12.8 Å². The molecule has 4 rings (SSSR count). The topological polar surface area (TPSA) is 71.3 Å². The summed E-state index contributed by atoms with van der Waals surface area (Å²) in [5.41, 5.74) is 2.86. The lowest BCUT2D eigenvalue weighted by atomic mass is 9.97. The number of amides is 1. The molecule has 0 saturated carbocycles. The third-order valence-corrected chi connectivity index (χ3v) is 5.37. The molecule has 2 aromatic carbocycles. The van der Waals surface area contributed by atoms with Gasteiger partial charge in [0.05, 0.1) is 12.5 Å². The Kier molecular flexibility index (Phi) is 5.92. The quantitative estimate of drug-likeness (QED) is 0.668. The highest BCUT2D eigenvalue weighted by Crippen LogP contribution is 2.22. The summed E-state index contributed by atoms with van der Waals surface area (Å²) in [4.78, 5) is 19.4. The van der Waals surface area contributed by atoms with Gasteiger partial charge in [0.25, 0.3) is 5.89 Å². The van der Waals surface area contributed by atoms with Crippen LogP contribution < -0.4 is 5.32 Å². The lowest BCUT2D eigenvalue weighted by molar-refractivity contribution is -0.121. The predicted molar refractivity (Wildman–Crippen MR) is 113 cm³/mol. The fraction of sp³-hybridized carbons (Fsp3) is 0.318. The van der Waals surface area contributed by atoms with E-state index in [1.165, 1.54) is 5.56 Å². The minimum Gasteiger partial charge on any atom is -0.334 e. The molecule has 29 heavy (non-hydrogen) atoms. The van der Waals surface area contributed by atoms with Crippen molar-refractivity contribution in [1.82, 2.24) is 15.0 Å². The van der Waals surface area contributed by atoms with E-state index in [-0.39, 0.29) is 11.8 Å². The second kappa shape index (κ2) is 8.76. The van der Waals surface area contributed by atoms with Gasteiger partial charge in [0, 0.05) is 22.8 Å². The van der Waals surface area contributed by atoms with E-state index >= 15 is 0 Å². The van der Waals surface area contributed by atoms with Crippen molar-refractivity contribution in [2.75, 3.05) is 18.4 Å². The van der Waals surface area contributed by atoms with Gasteiger partial charge < -0.3 is 9.84 Å². The van der Waals surface area contributed by atoms with E-state index in [1.807, 2.05) is 43.3 Å². The highest BCUT2D eigenvalue weighted by Gasteiger charge is 2.27. The van der Waals surface area contributed by atoms with Crippen LogP contribution >= 0.6 is 11.6 Å². The zero-order chi connectivity index (χ0) is 20.2. The van der Waals surface area contributed by atoms with Crippen LogP contribution in [0.4, 0.5) is 5.69 Å². The first kappa shape index (κ1) is 19.6. The van der Waals surface area contributed by atoms with Crippen LogP contribution in [0.25, 0.3) is 11.5 Å². The second-order valence-corrected chi connectivity index (χ2v) is 7.89. The molecule has 1 fully saturated rings. The lowest BCUT2D eigenvalue weighted by Gasteiger charge is -2.31. The van der Waals surface area contributed by atoms with Crippen molar-refractivity contribution in [3.63, 3.8) is 0 Å². The minimum absolute atomic E-state index is 0.0329. The van der Waals surface area contributed by atoms with Crippen LogP contribution in [-0.2, 0) is 11.3 Å². The molecule has 0 radical (unpaired) electrons. The number of carbonyl (C=O) groups excluding carboxylic acids is 1. The van der Waals surface area contributed by atoms with E-state index in [1.54, 1.807) is 12.1 Å². The molecule has 1 saturated heterocycles. The molecule has 0 aliphatic carbocycles. The Morgan fingerprint density at radius 3 is 2.72 bits per heavy atom. The van der Waals surface area contributed by atoms with Crippen molar-refractivity contribution in [2.45, 2.75) is 26.3 Å². The van der Waals surface area contributed by atoms with Crippen molar-refractivity contribution >= 4 is 23.2 Å². The summed E-state index contributed by atoms with van der Waals surface area (Å²) in [5.74, 6) is 1.13. The highest BCUT2D eigenvalue weighted by molar-refractivity contribution is 6.30. The maximum absolute atomic E-state index is 12.6. The van der Waals surface area contributed by atoms with E-state index in [0.29, 0.717) is 29.8 Å². The summed E-state index contributed by atoms with van der Waals surface area (Å²) in [6, 6.07) is 15.2. The number of aromatic nitrogens is 2. The fourth-order valence-electron chi connectivity index (χ4n) is 3.52. The minimum atomic E-state index is -0.0668. The van der Waals surface area contributed by atoms with Crippen molar-refractivity contribution in [3.8, 4) is 11.5 Å². The summed E-state index contributed by atoms with van der Waals surface area (Å²) >= 11 is 5.90. The van der Waals surface area contributed by atoms with E-state index in [0.717, 1.165) is 30.6 Å². The zero-order valence-electron chi connectivity index (χ0n) is 16.3. The van der Waals surface area contributed by atoms with Crippen LogP contribution in [0.2, 0.25) is 5.02 Å². The Balaban J connectivity index is 1.35. The normalized spacial score (nSPS) is 17.2. The molecule has 1 N–H and O–H groups in total. The molecule has 3 aromatic rings. The molecular weight excluding hydrogens is 388 g/mol. The molecule has 150 valence electrons. The number of hydrogen-bond acceptors (Lipinski definition) is 5. The fourth-order valence-corrected chi connectivity index (χ4v) is 3.65. The van der Waals surface area contributed by atoms with Gasteiger partial charge in [-0.2, -0.15) is 4.98 Å². The summed E-state index contributed by atoms with van der Waals surface area (Å²) < 4.78 is 5.42. The number of carbonyl (C=O) groups is 1. The molecule has 2 heterocycles. The van der Waals surface area contributed by atoms with Gasteiger partial charge in [-0.1, -0.05) is 34.5 Å².